The Labute approximate surface area is 83.3 Å². The molecule has 1 unspecified atom stereocenters. The van der Waals surface area contributed by atoms with Crippen molar-refractivity contribution in [2.75, 3.05) is 26.7 Å². The van der Waals surface area contributed by atoms with Gasteiger partial charge in [-0.1, -0.05) is 6.92 Å². The second-order valence-corrected chi connectivity index (χ2v) is 3.59. The van der Waals surface area contributed by atoms with Gasteiger partial charge in [-0.3, -0.25) is 9.59 Å². The van der Waals surface area contributed by atoms with Gasteiger partial charge in [-0.2, -0.15) is 0 Å². The fourth-order valence-electron chi connectivity index (χ4n) is 1.31. The maximum Gasteiger partial charge on any atom is 0.242 e. The van der Waals surface area contributed by atoms with Gasteiger partial charge in [0, 0.05) is 13.6 Å². The Morgan fingerprint density at radius 2 is 2.00 bits per heavy atom. The van der Waals surface area contributed by atoms with Crippen molar-refractivity contribution < 1.29 is 14.7 Å². The molecule has 0 aromatic rings. The Morgan fingerprint density at radius 1 is 1.36 bits per heavy atom. The maximum atomic E-state index is 11.4. The summed E-state index contributed by atoms with van der Waals surface area (Å²) in [7, 11) is 1.60. The summed E-state index contributed by atoms with van der Waals surface area (Å²) < 4.78 is 0. The maximum absolute atomic E-state index is 11.4. The van der Waals surface area contributed by atoms with Crippen molar-refractivity contribution in [3.8, 4) is 0 Å². The minimum absolute atomic E-state index is 0.0760. The number of aliphatic hydroxyl groups is 1. The van der Waals surface area contributed by atoms with Crippen LogP contribution in [-0.2, 0) is 9.59 Å². The molecule has 1 aliphatic rings. The molecule has 1 saturated heterocycles. The van der Waals surface area contributed by atoms with Gasteiger partial charge in [0.2, 0.25) is 11.8 Å². The van der Waals surface area contributed by atoms with Crippen LogP contribution in [0.25, 0.3) is 0 Å². The van der Waals surface area contributed by atoms with Crippen molar-refractivity contribution in [2.45, 2.75) is 19.4 Å². The van der Waals surface area contributed by atoms with E-state index in [2.05, 4.69) is 0 Å². The average molecular weight is 200 g/mol. The number of rotatable bonds is 3. The molecule has 14 heavy (non-hydrogen) atoms. The standard InChI is InChI=1S/C9H16N2O3/c1-3-7(12)4-11-6-8(13)10(2)5-9(11)14/h7,12H,3-6H2,1-2H3. The van der Waals surface area contributed by atoms with Crippen LogP contribution in [0, 0.1) is 0 Å². The van der Waals surface area contributed by atoms with Gasteiger partial charge in [-0.05, 0) is 6.42 Å². The molecule has 1 N–H and O–H groups in total. The minimum atomic E-state index is -0.532. The van der Waals surface area contributed by atoms with Gasteiger partial charge in [-0.15, -0.1) is 0 Å². The molecule has 0 aromatic heterocycles. The zero-order valence-corrected chi connectivity index (χ0v) is 8.56. The second kappa shape index (κ2) is 4.41. The van der Waals surface area contributed by atoms with Gasteiger partial charge in [0.25, 0.3) is 0 Å². The van der Waals surface area contributed by atoms with Crippen molar-refractivity contribution in [1.29, 1.82) is 0 Å². The van der Waals surface area contributed by atoms with E-state index in [0.29, 0.717) is 6.42 Å². The van der Waals surface area contributed by atoms with E-state index < -0.39 is 6.10 Å². The summed E-state index contributed by atoms with van der Waals surface area (Å²) in [5, 5.41) is 9.36. The quantitative estimate of drug-likeness (QED) is 0.639. The lowest BCUT2D eigenvalue weighted by atomic mass is 10.2. The topological polar surface area (TPSA) is 60.9 Å². The molecular weight excluding hydrogens is 184 g/mol. The molecule has 1 fully saturated rings. The van der Waals surface area contributed by atoms with Crippen LogP contribution in [0.2, 0.25) is 0 Å². The van der Waals surface area contributed by atoms with Gasteiger partial charge in [0.15, 0.2) is 0 Å². The van der Waals surface area contributed by atoms with Crippen LogP contribution in [-0.4, -0.2) is 59.5 Å². The van der Waals surface area contributed by atoms with E-state index in [1.165, 1.54) is 9.80 Å². The molecule has 1 heterocycles. The Kier molecular flexibility index (Phi) is 3.46. The van der Waals surface area contributed by atoms with Crippen LogP contribution in [0.15, 0.2) is 0 Å². The van der Waals surface area contributed by atoms with E-state index in [0.717, 1.165) is 0 Å². The van der Waals surface area contributed by atoms with Crippen molar-refractivity contribution in [3.63, 3.8) is 0 Å². The average Bonchev–Trinajstić information content (AvgIpc) is 2.14. The largest absolute Gasteiger partial charge is 0.391 e. The molecule has 0 bridgehead atoms. The minimum Gasteiger partial charge on any atom is -0.391 e. The van der Waals surface area contributed by atoms with Gasteiger partial charge in [-0.25, -0.2) is 0 Å². The van der Waals surface area contributed by atoms with E-state index in [9.17, 15) is 14.7 Å². The van der Waals surface area contributed by atoms with E-state index in [-0.39, 0.29) is 31.4 Å². The van der Waals surface area contributed by atoms with E-state index in [1.807, 2.05) is 6.92 Å². The van der Waals surface area contributed by atoms with E-state index >= 15 is 0 Å². The summed E-state index contributed by atoms with van der Waals surface area (Å²) in [6, 6.07) is 0. The fourth-order valence-corrected chi connectivity index (χ4v) is 1.31. The number of β-amino-alcohol motifs (C(OH)–C–C–N with tert-alkyl or cyclic N) is 1. The summed E-state index contributed by atoms with van der Waals surface area (Å²) in [6.07, 6.45) is 0.0588. The van der Waals surface area contributed by atoms with Gasteiger partial charge in [0.05, 0.1) is 19.2 Å². The molecule has 5 nitrogen and oxygen atoms in total. The molecule has 80 valence electrons. The summed E-state index contributed by atoms with van der Waals surface area (Å²) in [4.78, 5) is 25.5. The lowest BCUT2D eigenvalue weighted by molar-refractivity contribution is -0.149. The SMILES string of the molecule is CCC(O)CN1CC(=O)N(C)CC1=O. The predicted octanol–water partition coefficient (Wildman–Crippen LogP) is -0.942. The first kappa shape index (κ1) is 11.0. The molecule has 0 radical (unpaired) electrons. The number of piperazine rings is 1. The first-order chi connectivity index (χ1) is 6.54. The highest BCUT2D eigenvalue weighted by Gasteiger charge is 2.28. The number of hydrogen-bond acceptors (Lipinski definition) is 3. The summed E-state index contributed by atoms with van der Waals surface area (Å²) in [5.74, 6) is -0.174. The lowest BCUT2D eigenvalue weighted by Crippen LogP contribution is -2.53. The Bertz CT molecular complexity index is 242. The Hall–Kier alpha value is -1.10. The van der Waals surface area contributed by atoms with Crippen molar-refractivity contribution in [3.05, 3.63) is 0 Å². The third kappa shape index (κ3) is 2.45. The van der Waals surface area contributed by atoms with Gasteiger partial charge in [0.1, 0.15) is 0 Å². The first-order valence-electron chi connectivity index (χ1n) is 4.74. The number of carbonyl (C=O) groups is 2. The van der Waals surface area contributed by atoms with Crippen molar-refractivity contribution in [1.82, 2.24) is 9.80 Å². The summed E-state index contributed by atoms with van der Waals surface area (Å²) >= 11 is 0. The number of amides is 2. The molecule has 5 heteroatoms. The van der Waals surface area contributed by atoms with Crippen molar-refractivity contribution in [2.24, 2.45) is 0 Å². The smallest absolute Gasteiger partial charge is 0.242 e. The Balaban J connectivity index is 2.53. The van der Waals surface area contributed by atoms with Crippen LogP contribution in [0.5, 0.6) is 0 Å². The number of carbonyl (C=O) groups excluding carboxylic acids is 2. The van der Waals surface area contributed by atoms with Gasteiger partial charge >= 0.3 is 0 Å². The lowest BCUT2D eigenvalue weighted by Gasteiger charge is -2.32. The van der Waals surface area contributed by atoms with Crippen LogP contribution >= 0.6 is 0 Å². The molecule has 1 aliphatic heterocycles. The molecular formula is C9H16N2O3. The number of aliphatic hydroxyl groups excluding tert-OH is 1. The molecule has 2 amide bonds. The molecule has 0 saturated carbocycles. The van der Waals surface area contributed by atoms with Crippen LogP contribution < -0.4 is 0 Å². The highest BCUT2D eigenvalue weighted by atomic mass is 16.3. The van der Waals surface area contributed by atoms with E-state index in [1.54, 1.807) is 7.05 Å². The fraction of sp³-hybridized carbons (Fsp3) is 0.778. The monoisotopic (exact) mass is 200 g/mol. The highest BCUT2D eigenvalue weighted by molar-refractivity contribution is 5.92. The second-order valence-electron chi connectivity index (χ2n) is 3.59. The third-order valence-electron chi connectivity index (χ3n) is 2.38. The molecule has 1 atom stereocenters. The normalized spacial score (nSPS) is 20.2. The Morgan fingerprint density at radius 3 is 2.57 bits per heavy atom. The summed E-state index contributed by atoms with van der Waals surface area (Å²) in [5.41, 5.74) is 0. The molecule has 0 aromatic carbocycles. The van der Waals surface area contributed by atoms with Crippen molar-refractivity contribution >= 4 is 11.8 Å². The van der Waals surface area contributed by atoms with Crippen LogP contribution in [0.4, 0.5) is 0 Å². The number of likely N-dealkylation sites (N-methyl/N-ethyl adjacent to an activating group) is 1. The van der Waals surface area contributed by atoms with Crippen LogP contribution in [0.1, 0.15) is 13.3 Å². The van der Waals surface area contributed by atoms with Crippen LogP contribution in [0.3, 0.4) is 0 Å². The number of nitrogens with zero attached hydrogens (tertiary/aromatic N) is 2. The molecule has 0 aliphatic carbocycles. The predicted molar refractivity (Wildman–Crippen MR) is 50.5 cm³/mol. The zero-order valence-electron chi connectivity index (χ0n) is 8.56. The third-order valence-corrected chi connectivity index (χ3v) is 2.38. The molecule has 1 rings (SSSR count). The van der Waals surface area contributed by atoms with Gasteiger partial charge < -0.3 is 14.9 Å². The highest BCUT2D eigenvalue weighted by Crippen LogP contribution is 2.04. The number of hydrogen-bond donors (Lipinski definition) is 1. The molecule has 0 spiro atoms. The first-order valence-corrected chi connectivity index (χ1v) is 4.74. The zero-order chi connectivity index (χ0) is 10.7. The van der Waals surface area contributed by atoms with E-state index in [4.69, 9.17) is 0 Å². The summed E-state index contributed by atoms with van der Waals surface area (Å²) in [6.45, 7) is 2.31.